The lowest BCUT2D eigenvalue weighted by molar-refractivity contribution is -0.137. The Hall–Kier alpha value is -2.52. The Balaban J connectivity index is 1.75. The van der Waals surface area contributed by atoms with E-state index in [0.29, 0.717) is 10.6 Å². The van der Waals surface area contributed by atoms with Gasteiger partial charge < -0.3 is 0 Å². The lowest BCUT2D eigenvalue weighted by atomic mass is 10.1. The van der Waals surface area contributed by atoms with Crippen LogP contribution in [0.15, 0.2) is 65.8 Å². The molecule has 142 valence electrons. The van der Waals surface area contributed by atoms with Gasteiger partial charge in [0.05, 0.1) is 28.9 Å². The molecule has 1 heterocycles. The van der Waals surface area contributed by atoms with Crippen LogP contribution in [0.1, 0.15) is 11.1 Å². The number of sulfonamides is 1. The zero-order valence-corrected chi connectivity index (χ0v) is 15.2. The van der Waals surface area contributed by atoms with Gasteiger partial charge in [0.25, 0.3) is 10.0 Å². The first-order valence-electron chi connectivity index (χ1n) is 7.60. The van der Waals surface area contributed by atoms with Crippen molar-refractivity contribution in [2.24, 2.45) is 0 Å². The number of anilines is 1. The molecular weight excluding hydrogens is 403 g/mol. The monoisotopic (exact) mass is 415 g/mol. The zero-order chi connectivity index (χ0) is 19.7. The predicted molar refractivity (Wildman–Crippen MR) is 95.0 cm³/mol. The third kappa shape index (κ3) is 4.81. The van der Waals surface area contributed by atoms with E-state index in [2.05, 4.69) is 9.82 Å². The molecule has 1 aromatic heterocycles. The number of benzene rings is 2. The van der Waals surface area contributed by atoms with Crippen LogP contribution in [0.5, 0.6) is 0 Å². The molecule has 2 aromatic carbocycles. The average molecular weight is 416 g/mol. The summed E-state index contributed by atoms with van der Waals surface area (Å²) in [5.74, 6) is 0. The van der Waals surface area contributed by atoms with Gasteiger partial charge in [-0.25, -0.2) is 8.42 Å². The van der Waals surface area contributed by atoms with Crippen molar-refractivity contribution in [1.29, 1.82) is 0 Å². The van der Waals surface area contributed by atoms with Crippen LogP contribution in [-0.4, -0.2) is 18.2 Å². The SMILES string of the molecule is O=S(=O)(Nc1cnn(Cc2cccc(C(F)(F)F)c2)c1)c1ccc(Cl)cc1. The van der Waals surface area contributed by atoms with Crippen LogP contribution in [0, 0.1) is 0 Å². The van der Waals surface area contributed by atoms with E-state index >= 15 is 0 Å². The summed E-state index contributed by atoms with van der Waals surface area (Å²) in [5.41, 5.74) is -0.173. The standard InChI is InChI=1S/C17H13ClF3N3O2S/c18-14-4-6-16(7-5-14)27(25,26)23-15-9-22-24(11-15)10-12-2-1-3-13(8-12)17(19,20)21/h1-9,11,23H,10H2. The smallest absolute Gasteiger partial charge is 0.276 e. The maximum Gasteiger partial charge on any atom is 0.416 e. The lowest BCUT2D eigenvalue weighted by Gasteiger charge is -2.09. The van der Waals surface area contributed by atoms with Gasteiger partial charge in [0, 0.05) is 11.2 Å². The van der Waals surface area contributed by atoms with Gasteiger partial charge in [0.2, 0.25) is 0 Å². The Kier molecular flexibility index (Phi) is 5.16. The van der Waals surface area contributed by atoms with E-state index in [-0.39, 0.29) is 17.1 Å². The zero-order valence-electron chi connectivity index (χ0n) is 13.6. The number of nitrogens with one attached hydrogen (secondary N) is 1. The molecule has 0 aliphatic heterocycles. The minimum absolute atomic E-state index is 0.0255. The molecule has 1 N–H and O–H groups in total. The molecular formula is C17H13ClF3N3O2S. The maximum absolute atomic E-state index is 12.8. The summed E-state index contributed by atoms with van der Waals surface area (Å²) in [6, 6.07) is 10.5. The number of nitrogens with zero attached hydrogens (tertiary/aromatic N) is 2. The van der Waals surface area contributed by atoms with Gasteiger partial charge in [-0.2, -0.15) is 18.3 Å². The van der Waals surface area contributed by atoms with Gasteiger partial charge in [-0.15, -0.1) is 0 Å². The van der Waals surface area contributed by atoms with Gasteiger partial charge in [0.1, 0.15) is 0 Å². The van der Waals surface area contributed by atoms with Crippen LogP contribution in [0.4, 0.5) is 18.9 Å². The minimum atomic E-state index is -4.43. The van der Waals surface area contributed by atoms with E-state index in [1.165, 1.54) is 53.5 Å². The van der Waals surface area contributed by atoms with Crippen molar-refractivity contribution >= 4 is 27.3 Å². The molecule has 3 rings (SSSR count). The fraction of sp³-hybridized carbons (Fsp3) is 0.118. The van der Waals surface area contributed by atoms with Crippen LogP contribution in [0.2, 0.25) is 5.02 Å². The van der Waals surface area contributed by atoms with Crippen molar-refractivity contribution in [3.05, 3.63) is 77.1 Å². The largest absolute Gasteiger partial charge is 0.416 e. The second-order valence-electron chi connectivity index (χ2n) is 5.68. The van der Waals surface area contributed by atoms with Crippen LogP contribution in [0.3, 0.4) is 0 Å². The highest BCUT2D eigenvalue weighted by Crippen LogP contribution is 2.29. The Labute approximate surface area is 158 Å². The van der Waals surface area contributed by atoms with Crippen molar-refractivity contribution < 1.29 is 21.6 Å². The second kappa shape index (κ2) is 7.24. The predicted octanol–water partition coefficient (Wildman–Crippen LogP) is 4.40. The number of aromatic nitrogens is 2. The van der Waals surface area contributed by atoms with E-state index in [1.54, 1.807) is 0 Å². The summed E-state index contributed by atoms with van der Waals surface area (Å²) in [6.45, 7) is 0.0621. The molecule has 0 aliphatic rings. The molecule has 0 radical (unpaired) electrons. The molecule has 0 saturated carbocycles. The first-order chi connectivity index (χ1) is 12.6. The highest BCUT2D eigenvalue weighted by Gasteiger charge is 2.30. The molecule has 0 aliphatic carbocycles. The van der Waals surface area contributed by atoms with E-state index in [0.717, 1.165) is 12.1 Å². The fourth-order valence-electron chi connectivity index (χ4n) is 2.36. The first-order valence-corrected chi connectivity index (χ1v) is 9.46. The molecule has 0 saturated heterocycles. The molecule has 10 heteroatoms. The van der Waals surface area contributed by atoms with Gasteiger partial charge >= 0.3 is 6.18 Å². The van der Waals surface area contributed by atoms with Crippen LogP contribution < -0.4 is 4.72 Å². The van der Waals surface area contributed by atoms with Crippen molar-refractivity contribution in [1.82, 2.24) is 9.78 Å². The topological polar surface area (TPSA) is 64.0 Å². The summed E-state index contributed by atoms with van der Waals surface area (Å²) in [6.07, 6.45) is -1.76. The molecule has 0 fully saturated rings. The third-order valence-electron chi connectivity index (χ3n) is 3.61. The van der Waals surface area contributed by atoms with E-state index in [4.69, 9.17) is 11.6 Å². The van der Waals surface area contributed by atoms with E-state index in [1.807, 2.05) is 0 Å². The Bertz CT molecular complexity index is 1050. The first kappa shape index (κ1) is 19.2. The van der Waals surface area contributed by atoms with Crippen molar-refractivity contribution in [2.75, 3.05) is 4.72 Å². The molecule has 0 unspecified atom stereocenters. The second-order valence-corrected chi connectivity index (χ2v) is 7.80. The maximum atomic E-state index is 12.8. The summed E-state index contributed by atoms with van der Waals surface area (Å²) in [4.78, 5) is 0.0255. The van der Waals surface area contributed by atoms with Gasteiger partial charge in [-0.05, 0) is 42.0 Å². The van der Waals surface area contributed by atoms with Crippen LogP contribution in [-0.2, 0) is 22.7 Å². The van der Waals surface area contributed by atoms with Crippen LogP contribution in [0.25, 0.3) is 0 Å². The number of hydrogen-bond donors (Lipinski definition) is 1. The molecule has 3 aromatic rings. The normalized spacial score (nSPS) is 12.1. The summed E-state index contributed by atoms with van der Waals surface area (Å²) < 4.78 is 66.7. The average Bonchev–Trinajstić information content (AvgIpc) is 3.01. The summed E-state index contributed by atoms with van der Waals surface area (Å²) >= 11 is 5.74. The van der Waals surface area contributed by atoms with Gasteiger partial charge in [-0.1, -0.05) is 23.7 Å². The van der Waals surface area contributed by atoms with Crippen LogP contribution >= 0.6 is 11.6 Å². The minimum Gasteiger partial charge on any atom is -0.276 e. The van der Waals surface area contributed by atoms with Gasteiger partial charge in [0.15, 0.2) is 0 Å². The van der Waals surface area contributed by atoms with Crippen molar-refractivity contribution in [3.63, 3.8) is 0 Å². The molecule has 5 nitrogen and oxygen atoms in total. The highest BCUT2D eigenvalue weighted by molar-refractivity contribution is 7.92. The highest BCUT2D eigenvalue weighted by atomic mass is 35.5. The molecule has 0 spiro atoms. The Morgan fingerprint density at radius 1 is 1.11 bits per heavy atom. The Morgan fingerprint density at radius 3 is 2.48 bits per heavy atom. The fourth-order valence-corrected chi connectivity index (χ4v) is 3.52. The van der Waals surface area contributed by atoms with E-state index in [9.17, 15) is 21.6 Å². The number of hydrogen-bond acceptors (Lipinski definition) is 3. The summed E-state index contributed by atoms with van der Waals surface area (Å²) in [7, 11) is -3.83. The molecule has 27 heavy (non-hydrogen) atoms. The number of rotatable bonds is 5. The molecule has 0 amide bonds. The van der Waals surface area contributed by atoms with Crippen molar-refractivity contribution in [2.45, 2.75) is 17.6 Å². The van der Waals surface area contributed by atoms with Gasteiger partial charge in [-0.3, -0.25) is 9.40 Å². The molecule has 0 bridgehead atoms. The summed E-state index contributed by atoms with van der Waals surface area (Å²) in [5, 5.41) is 4.39. The number of alkyl halides is 3. The van der Waals surface area contributed by atoms with Crippen molar-refractivity contribution in [3.8, 4) is 0 Å². The quantitative estimate of drug-likeness (QED) is 0.671. The Morgan fingerprint density at radius 2 is 1.81 bits per heavy atom. The third-order valence-corrected chi connectivity index (χ3v) is 5.26. The molecule has 0 atom stereocenters. The lowest BCUT2D eigenvalue weighted by Crippen LogP contribution is -2.12. The van der Waals surface area contributed by atoms with E-state index < -0.39 is 21.8 Å². The number of halogens is 4.